The van der Waals surface area contributed by atoms with Crippen molar-refractivity contribution in [1.82, 2.24) is 20.1 Å². The van der Waals surface area contributed by atoms with E-state index in [1.165, 1.54) is 12.8 Å². The summed E-state index contributed by atoms with van der Waals surface area (Å²) in [6.07, 6.45) is -1.16. The SMILES string of the molecule is C[C@H](Nc1nnc(-c2ccc(C(F)(F)F)[nH]c2=O)o1)C(=O)N1CC[C@H](C2CC2)C1. The second-order valence-electron chi connectivity index (χ2n) is 7.56. The van der Waals surface area contributed by atoms with Gasteiger partial charge >= 0.3 is 12.2 Å². The molecule has 0 unspecified atom stereocenters. The standard InChI is InChI=1S/C18H20F3N5O3/c1-9(16(28)26-7-6-11(8-26)10-2-3-10)22-17-25-24-15(29-17)12-4-5-13(18(19,20)21)23-14(12)27/h4-5,9-11H,2-3,6-8H2,1H3,(H,22,25)(H,23,27)/t9-,11-/m0/s1. The Bertz CT molecular complexity index is 966. The molecule has 0 aromatic carbocycles. The van der Waals surface area contributed by atoms with Gasteiger partial charge < -0.3 is 19.6 Å². The maximum absolute atomic E-state index is 12.7. The number of carbonyl (C=O) groups excluding carboxylic acids is 1. The van der Waals surface area contributed by atoms with Gasteiger partial charge in [-0.25, -0.2) is 0 Å². The third-order valence-corrected chi connectivity index (χ3v) is 5.41. The summed E-state index contributed by atoms with van der Waals surface area (Å²) in [4.78, 5) is 28.1. The van der Waals surface area contributed by atoms with Crippen molar-refractivity contribution in [2.75, 3.05) is 18.4 Å². The second kappa shape index (κ2) is 7.20. The number of nitrogens with zero attached hydrogens (tertiary/aromatic N) is 3. The summed E-state index contributed by atoms with van der Waals surface area (Å²) < 4.78 is 43.3. The van der Waals surface area contributed by atoms with Crippen LogP contribution >= 0.6 is 0 Å². The number of halogens is 3. The normalized spacial score (nSPS) is 20.7. The molecule has 3 heterocycles. The average Bonchev–Trinajstić information content (AvgIpc) is 3.21. The quantitative estimate of drug-likeness (QED) is 0.784. The molecule has 156 valence electrons. The Morgan fingerprint density at radius 1 is 1.28 bits per heavy atom. The minimum atomic E-state index is -4.66. The number of alkyl halides is 3. The molecule has 2 aromatic rings. The summed E-state index contributed by atoms with van der Waals surface area (Å²) in [6.45, 7) is 3.15. The van der Waals surface area contributed by atoms with Crippen molar-refractivity contribution in [3.05, 3.63) is 28.2 Å². The fraction of sp³-hybridized carbons (Fsp3) is 0.556. The van der Waals surface area contributed by atoms with Crippen molar-refractivity contribution in [3.8, 4) is 11.5 Å². The number of anilines is 1. The fourth-order valence-corrected chi connectivity index (χ4v) is 3.66. The molecule has 1 aliphatic heterocycles. The molecule has 0 bridgehead atoms. The fourth-order valence-electron chi connectivity index (χ4n) is 3.66. The van der Waals surface area contributed by atoms with Crippen LogP contribution in [0.4, 0.5) is 19.2 Å². The zero-order chi connectivity index (χ0) is 20.8. The van der Waals surface area contributed by atoms with Crippen LogP contribution in [-0.2, 0) is 11.0 Å². The Kier molecular flexibility index (Phi) is 4.83. The molecule has 4 rings (SSSR count). The minimum absolute atomic E-state index is 0.0831. The third-order valence-electron chi connectivity index (χ3n) is 5.41. The van der Waals surface area contributed by atoms with Crippen LogP contribution in [0.3, 0.4) is 0 Å². The van der Waals surface area contributed by atoms with Crippen LogP contribution in [0.5, 0.6) is 0 Å². The molecule has 1 aliphatic carbocycles. The number of aromatic nitrogens is 3. The Balaban J connectivity index is 1.41. The molecule has 1 saturated carbocycles. The van der Waals surface area contributed by atoms with E-state index >= 15 is 0 Å². The predicted octanol–water partition coefficient (Wildman–Crippen LogP) is 2.50. The summed E-state index contributed by atoms with van der Waals surface area (Å²) in [5, 5.41) is 10.2. The number of carbonyl (C=O) groups is 1. The summed E-state index contributed by atoms with van der Waals surface area (Å²) in [6, 6.07) is 0.991. The Labute approximate surface area is 163 Å². The maximum atomic E-state index is 12.7. The zero-order valence-electron chi connectivity index (χ0n) is 15.6. The number of hydrogen-bond acceptors (Lipinski definition) is 6. The molecule has 1 saturated heterocycles. The number of likely N-dealkylation sites (tertiary alicyclic amines) is 1. The average molecular weight is 411 g/mol. The number of rotatable bonds is 5. The topological polar surface area (TPSA) is 104 Å². The van der Waals surface area contributed by atoms with Gasteiger partial charge in [-0.2, -0.15) is 13.2 Å². The molecule has 29 heavy (non-hydrogen) atoms. The smallest absolute Gasteiger partial charge is 0.403 e. The lowest BCUT2D eigenvalue weighted by atomic mass is 10.0. The molecular weight excluding hydrogens is 391 g/mol. The number of H-pyrrole nitrogens is 1. The number of aromatic amines is 1. The van der Waals surface area contributed by atoms with Gasteiger partial charge in [-0.3, -0.25) is 9.59 Å². The highest BCUT2D eigenvalue weighted by atomic mass is 19.4. The molecule has 2 N–H and O–H groups in total. The van der Waals surface area contributed by atoms with Crippen molar-refractivity contribution in [2.45, 2.75) is 38.4 Å². The molecular formula is C18H20F3N5O3. The molecule has 8 nitrogen and oxygen atoms in total. The van der Waals surface area contributed by atoms with E-state index in [0.717, 1.165) is 37.6 Å². The van der Waals surface area contributed by atoms with Gasteiger partial charge in [0.25, 0.3) is 11.4 Å². The van der Waals surface area contributed by atoms with Crippen LogP contribution in [0.2, 0.25) is 0 Å². The highest BCUT2D eigenvalue weighted by Crippen LogP contribution is 2.41. The van der Waals surface area contributed by atoms with E-state index in [9.17, 15) is 22.8 Å². The largest absolute Gasteiger partial charge is 0.431 e. The van der Waals surface area contributed by atoms with Gasteiger partial charge in [-0.05, 0) is 50.2 Å². The summed E-state index contributed by atoms with van der Waals surface area (Å²) >= 11 is 0. The first-order chi connectivity index (χ1) is 13.7. The van der Waals surface area contributed by atoms with Crippen molar-refractivity contribution in [2.24, 2.45) is 11.8 Å². The van der Waals surface area contributed by atoms with E-state index < -0.39 is 23.5 Å². The van der Waals surface area contributed by atoms with Gasteiger partial charge in [-0.1, -0.05) is 5.10 Å². The third kappa shape index (κ3) is 4.13. The number of pyridine rings is 1. The second-order valence-corrected chi connectivity index (χ2v) is 7.56. The van der Waals surface area contributed by atoms with E-state index in [1.807, 2.05) is 4.90 Å². The van der Waals surface area contributed by atoms with Gasteiger partial charge in [0.1, 0.15) is 17.3 Å². The molecule has 2 aliphatic rings. The van der Waals surface area contributed by atoms with Gasteiger partial charge in [0.15, 0.2) is 0 Å². The van der Waals surface area contributed by atoms with E-state index in [-0.39, 0.29) is 23.4 Å². The van der Waals surface area contributed by atoms with Gasteiger partial charge in [0, 0.05) is 13.1 Å². The molecule has 2 aromatic heterocycles. The van der Waals surface area contributed by atoms with Crippen molar-refractivity contribution in [1.29, 1.82) is 0 Å². The van der Waals surface area contributed by atoms with Gasteiger partial charge in [-0.15, -0.1) is 5.10 Å². The maximum Gasteiger partial charge on any atom is 0.431 e. The number of amides is 1. The minimum Gasteiger partial charge on any atom is -0.403 e. The van der Waals surface area contributed by atoms with Crippen LogP contribution in [0.25, 0.3) is 11.5 Å². The zero-order valence-corrected chi connectivity index (χ0v) is 15.6. The number of nitrogens with one attached hydrogen (secondary N) is 2. The van der Waals surface area contributed by atoms with E-state index in [2.05, 4.69) is 15.5 Å². The van der Waals surface area contributed by atoms with E-state index in [0.29, 0.717) is 5.92 Å². The van der Waals surface area contributed by atoms with Crippen LogP contribution in [0.1, 0.15) is 31.9 Å². The summed E-state index contributed by atoms with van der Waals surface area (Å²) in [5.74, 6) is 1.00. The highest BCUT2D eigenvalue weighted by Gasteiger charge is 2.38. The highest BCUT2D eigenvalue weighted by molar-refractivity contribution is 5.84. The molecule has 2 fully saturated rings. The van der Waals surface area contributed by atoms with Crippen LogP contribution < -0.4 is 10.9 Å². The Morgan fingerprint density at radius 2 is 2.03 bits per heavy atom. The molecule has 1 amide bonds. The van der Waals surface area contributed by atoms with Gasteiger partial charge in [0.05, 0.1) is 0 Å². The molecule has 0 spiro atoms. The Hall–Kier alpha value is -2.85. The lowest BCUT2D eigenvalue weighted by Gasteiger charge is -2.21. The van der Waals surface area contributed by atoms with Crippen LogP contribution in [0.15, 0.2) is 21.3 Å². The monoisotopic (exact) mass is 411 g/mol. The molecule has 11 heteroatoms. The van der Waals surface area contributed by atoms with Gasteiger partial charge in [0.2, 0.25) is 5.91 Å². The molecule has 2 atom stereocenters. The lowest BCUT2D eigenvalue weighted by Crippen LogP contribution is -2.40. The van der Waals surface area contributed by atoms with Crippen molar-refractivity contribution < 1.29 is 22.4 Å². The summed E-state index contributed by atoms with van der Waals surface area (Å²) in [7, 11) is 0. The van der Waals surface area contributed by atoms with Crippen LogP contribution in [0, 0.1) is 11.8 Å². The number of hydrogen-bond donors (Lipinski definition) is 2. The first kappa shape index (κ1) is 19.5. The van der Waals surface area contributed by atoms with Crippen molar-refractivity contribution >= 4 is 11.9 Å². The van der Waals surface area contributed by atoms with Crippen molar-refractivity contribution in [3.63, 3.8) is 0 Å². The van der Waals surface area contributed by atoms with Crippen LogP contribution in [-0.4, -0.2) is 45.1 Å². The van der Waals surface area contributed by atoms with E-state index in [1.54, 1.807) is 11.9 Å². The van der Waals surface area contributed by atoms with E-state index in [4.69, 9.17) is 4.42 Å². The Morgan fingerprint density at radius 3 is 2.69 bits per heavy atom. The first-order valence-corrected chi connectivity index (χ1v) is 9.42. The summed E-state index contributed by atoms with van der Waals surface area (Å²) in [5.41, 5.74) is -2.36. The molecule has 0 radical (unpaired) electrons. The first-order valence-electron chi connectivity index (χ1n) is 9.42. The lowest BCUT2D eigenvalue weighted by molar-refractivity contribution is -0.141. The predicted molar refractivity (Wildman–Crippen MR) is 95.9 cm³/mol.